The van der Waals surface area contributed by atoms with Gasteiger partial charge in [-0.15, -0.1) is 0 Å². The van der Waals surface area contributed by atoms with Gasteiger partial charge in [0.2, 0.25) is 21.7 Å². The predicted molar refractivity (Wildman–Crippen MR) is 89.5 cm³/mol. The molecule has 0 N–H and O–H groups in total. The van der Waals surface area contributed by atoms with E-state index in [9.17, 15) is 38.4 Å². The average molecular weight is 350 g/mol. The molecule has 0 fully saturated rings. The van der Waals surface area contributed by atoms with E-state index >= 15 is 0 Å². The Morgan fingerprint density at radius 3 is 1.69 bits per heavy atom. The van der Waals surface area contributed by atoms with Crippen molar-refractivity contribution in [2.75, 3.05) is 0 Å². The molecule has 26 heavy (non-hydrogen) atoms. The van der Waals surface area contributed by atoms with Crippen molar-refractivity contribution in [1.29, 1.82) is 0 Å². The van der Waals surface area contributed by atoms with Gasteiger partial charge in [-0.3, -0.25) is 38.4 Å². The molecule has 4 aromatic rings. The van der Waals surface area contributed by atoms with E-state index in [0.29, 0.717) is 0 Å². The Morgan fingerprint density at radius 1 is 0.462 bits per heavy atom. The van der Waals surface area contributed by atoms with Crippen molar-refractivity contribution in [3.05, 3.63) is 93.9 Å². The zero-order valence-electron chi connectivity index (χ0n) is 12.3. The first-order chi connectivity index (χ1) is 12.2. The lowest BCUT2D eigenvalue weighted by Crippen LogP contribution is -2.49. The van der Waals surface area contributed by atoms with Crippen LogP contribution in [0.5, 0.6) is 0 Å². The summed E-state index contributed by atoms with van der Waals surface area (Å²) < 4.78 is 0. The summed E-state index contributed by atoms with van der Waals surface area (Å²) in [5, 5.41) is -1.83. The van der Waals surface area contributed by atoms with E-state index in [2.05, 4.69) is 9.97 Å². The van der Waals surface area contributed by atoms with E-state index in [0.717, 1.165) is 12.1 Å². The molecule has 0 radical (unpaired) electrons. The van der Waals surface area contributed by atoms with Crippen LogP contribution >= 0.6 is 0 Å². The predicted octanol–water partition coefficient (Wildman–Crippen LogP) is -3.43. The number of benzene rings is 3. The molecule has 0 saturated carbocycles. The third-order valence-electron chi connectivity index (χ3n) is 3.96. The molecule has 3 aromatic carbocycles. The SMILES string of the molecule is O=c1ccc2nc3c(nc2c1=O)c(=O)c(=O)c1c(=O)c(=O)c(=O)c(=O)c13. The number of aromatic nitrogens is 2. The molecule has 0 aliphatic rings. The van der Waals surface area contributed by atoms with Gasteiger partial charge in [-0.2, -0.15) is 0 Å². The number of hydrogen-bond donors (Lipinski definition) is 0. The van der Waals surface area contributed by atoms with Gasteiger partial charge in [-0.1, -0.05) is 0 Å². The molecule has 0 atom stereocenters. The van der Waals surface area contributed by atoms with Gasteiger partial charge in [0.15, 0.2) is 0 Å². The van der Waals surface area contributed by atoms with Crippen LogP contribution in [0.3, 0.4) is 0 Å². The summed E-state index contributed by atoms with van der Waals surface area (Å²) in [7, 11) is 0. The summed E-state index contributed by atoms with van der Waals surface area (Å²) in [5.74, 6) is 0. The highest BCUT2D eigenvalue weighted by Gasteiger charge is 2.23. The topological polar surface area (TPSA) is 162 Å². The van der Waals surface area contributed by atoms with Crippen molar-refractivity contribution in [3.63, 3.8) is 0 Å². The number of hydrogen-bond acceptors (Lipinski definition) is 10. The molecule has 0 amide bonds. The fraction of sp³-hybridized carbons (Fsp3) is 0. The summed E-state index contributed by atoms with van der Waals surface area (Å²) in [6.45, 7) is 0. The first-order valence-electron chi connectivity index (χ1n) is 6.94. The fourth-order valence-electron chi connectivity index (χ4n) is 2.74. The van der Waals surface area contributed by atoms with Crippen molar-refractivity contribution < 1.29 is 0 Å². The van der Waals surface area contributed by atoms with Crippen molar-refractivity contribution in [1.82, 2.24) is 9.97 Å². The third-order valence-corrected chi connectivity index (χ3v) is 3.96. The maximum absolute atomic E-state index is 12.2. The second-order valence-corrected chi connectivity index (χ2v) is 5.41. The van der Waals surface area contributed by atoms with E-state index in [-0.39, 0.29) is 5.52 Å². The van der Waals surface area contributed by atoms with Crippen molar-refractivity contribution in [2.45, 2.75) is 0 Å². The maximum Gasteiger partial charge on any atom is 0.277 e. The highest BCUT2D eigenvalue weighted by molar-refractivity contribution is 6.05. The summed E-state index contributed by atoms with van der Waals surface area (Å²) in [6.07, 6.45) is 0. The Hall–Kier alpha value is -4.08. The lowest BCUT2D eigenvalue weighted by molar-refractivity contribution is 1.32. The van der Waals surface area contributed by atoms with Crippen LogP contribution in [0.1, 0.15) is 0 Å². The molecule has 0 aliphatic heterocycles. The zero-order valence-corrected chi connectivity index (χ0v) is 12.3. The second-order valence-electron chi connectivity index (χ2n) is 5.41. The summed E-state index contributed by atoms with van der Waals surface area (Å²) >= 11 is 0. The highest BCUT2D eigenvalue weighted by Crippen LogP contribution is 2.13. The standard InChI is InChI=1S/C16H2N2O8/c19-4-2-1-3-7(10(4)20)18-9-8(17-3)5-6(12(22)14(9)24)13(23)16(26)15(25)11(5)21/h1-2H. The van der Waals surface area contributed by atoms with Crippen LogP contribution in [0, 0.1) is 0 Å². The molecule has 10 nitrogen and oxygen atoms in total. The van der Waals surface area contributed by atoms with Crippen LogP contribution in [0.15, 0.2) is 50.5 Å². The molecular weight excluding hydrogens is 348 g/mol. The highest BCUT2D eigenvalue weighted by atomic mass is 16.2. The van der Waals surface area contributed by atoms with Gasteiger partial charge in [0.25, 0.3) is 21.7 Å². The smallest absolute Gasteiger partial charge is 0.277 e. The zero-order chi connectivity index (χ0) is 18.9. The maximum atomic E-state index is 12.2. The molecule has 1 aromatic heterocycles. The van der Waals surface area contributed by atoms with E-state index in [4.69, 9.17) is 0 Å². The molecule has 0 unspecified atom stereocenters. The number of fused-ring (bicyclic) bond motifs is 4. The van der Waals surface area contributed by atoms with Gasteiger partial charge in [-0.25, -0.2) is 9.97 Å². The van der Waals surface area contributed by atoms with Crippen LogP contribution in [-0.4, -0.2) is 9.97 Å². The summed E-state index contributed by atoms with van der Waals surface area (Å²) in [4.78, 5) is 102. The van der Waals surface area contributed by atoms with Crippen LogP contribution < -0.4 is 43.4 Å². The lowest BCUT2D eigenvalue weighted by Gasteiger charge is -2.01. The third kappa shape index (κ3) is 1.69. The van der Waals surface area contributed by atoms with Crippen LogP contribution in [-0.2, 0) is 0 Å². The van der Waals surface area contributed by atoms with Gasteiger partial charge in [0, 0.05) is 0 Å². The molecule has 0 aliphatic carbocycles. The van der Waals surface area contributed by atoms with E-state index in [1.54, 1.807) is 0 Å². The Balaban J connectivity index is 2.56. The van der Waals surface area contributed by atoms with Crippen molar-refractivity contribution >= 4 is 32.8 Å². The van der Waals surface area contributed by atoms with Crippen molar-refractivity contribution in [3.8, 4) is 0 Å². The van der Waals surface area contributed by atoms with Gasteiger partial charge in [0.1, 0.15) is 16.6 Å². The van der Waals surface area contributed by atoms with Gasteiger partial charge >= 0.3 is 0 Å². The first kappa shape index (κ1) is 15.4. The fourth-order valence-corrected chi connectivity index (χ4v) is 2.74. The molecule has 0 saturated heterocycles. The van der Waals surface area contributed by atoms with E-state index in [1.807, 2.05) is 0 Å². The quantitative estimate of drug-likeness (QED) is 0.177. The molecule has 0 spiro atoms. The van der Waals surface area contributed by atoms with Gasteiger partial charge < -0.3 is 0 Å². The van der Waals surface area contributed by atoms with Crippen LogP contribution in [0.25, 0.3) is 32.8 Å². The van der Waals surface area contributed by atoms with Crippen LogP contribution in [0.2, 0.25) is 0 Å². The summed E-state index contributed by atoms with van der Waals surface area (Å²) in [6, 6.07) is 1.98. The van der Waals surface area contributed by atoms with Gasteiger partial charge in [0.05, 0.1) is 16.3 Å². The number of nitrogens with zero attached hydrogens (tertiary/aromatic N) is 2. The van der Waals surface area contributed by atoms with E-state index in [1.165, 1.54) is 0 Å². The normalized spacial score (nSPS) is 11.5. The Labute approximate surface area is 137 Å². The van der Waals surface area contributed by atoms with Crippen molar-refractivity contribution in [2.24, 2.45) is 0 Å². The monoisotopic (exact) mass is 350 g/mol. The molecule has 10 heteroatoms. The molecule has 4 rings (SSSR count). The van der Waals surface area contributed by atoms with E-state index < -0.39 is 70.8 Å². The minimum absolute atomic E-state index is 0.188. The Morgan fingerprint density at radius 2 is 1.04 bits per heavy atom. The second kappa shape index (κ2) is 4.72. The minimum Gasteiger partial charge on any atom is -0.285 e. The number of rotatable bonds is 0. The van der Waals surface area contributed by atoms with Crippen LogP contribution in [0.4, 0.5) is 0 Å². The molecule has 1 heterocycles. The first-order valence-corrected chi connectivity index (χ1v) is 6.94. The average Bonchev–Trinajstić information content (AvgIpc) is 2.63. The Kier molecular flexibility index (Phi) is 2.81. The largest absolute Gasteiger partial charge is 0.285 e. The van der Waals surface area contributed by atoms with Gasteiger partial charge in [-0.05, 0) is 12.1 Å². The minimum atomic E-state index is -1.72. The summed E-state index contributed by atoms with van der Waals surface area (Å²) in [5.41, 5.74) is -13.3. The molecular formula is C16H2N2O8. The molecule has 0 bridgehead atoms. The molecule has 124 valence electrons. The lowest BCUT2D eigenvalue weighted by atomic mass is 10.1. The Bertz CT molecular complexity index is 1740.